The highest BCUT2D eigenvalue weighted by Crippen LogP contribution is 2.53. The molecule has 0 spiro atoms. The quantitative estimate of drug-likeness (QED) is 0.798. The molecule has 1 aromatic rings. The number of piperazine rings is 1. The fourth-order valence-corrected chi connectivity index (χ4v) is 7.31. The minimum Gasteiger partial charge on any atom is -0.493 e. The van der Waals surface area contributed by atoms with Gasteiger partial charge in [0.1, 0.15) is 0 Å². The van der Waals surface area contributed by atoms with Gasteiger partial charge in [0.2, 0.25) is 5.75 Å². The molecule has 30 heavy (non-hydrogen) atoms. The highest BCUT2D eigenvalue weighted by molar-refractivity contribution is 5.95. The molecule has 164 valence electrons. The summed E-state index contributed by atoms with van der Waals surface area (Å²) in [4.78, 5) is 17.0. The topological polar surface area (TPSA) is 52.4 Å². The Balaban J connectivity index is 1.26. The van der Waals surface area contributed by atoms with Crippen molar-refractivity contribution in [1.29, 1.82) is 0 Å². The highest BCUT2D eigenvalue weighted by Gasteiger charge is 2.52. The van der Waals surface area contributed by atoms with Gasteiger partial charge in [-0.15, -0.1) is 0 Å². The summed E-state index contributed by atoms with van der Waals surface area (Å²) in [5, 5.41) is 0. The maximum Gasteiger partial charge on any atom is 0.254 e. The van der Waals surface area contributed by atoms with Crippen LogP contribution in [0.1, 0.15) is 42.5 Å². The molecule has 5 aliphatic rings. The van der Waals surface area contributed by atoms with Gasteiger partial charge in [-0.2, -0.15) is 0 Å². The number of methoxy groups -OCH3 is 3. The number of benzene rings is 1. The maximum atomic E-state index is 13.2. The number of carbonyl (C=O) groups is 1. The molecule has 0 atom stereocenters. The van der Waals surface area contributed by atoms with Crippen molar-refractivity contribution in [1.82, 2.24) is 4.90 Å². The zero-order chi connectivity index (χ0) is 20.8. The van der Waals surface area contributed by atoms with Gasteiger partial charge in [-0.1, -0.05) is 0 Å². The van der Waals surface area contributed by atoms with Crippen molar-refractivity contribution in [2.45, 2.75) is 38.1 Å². The SMILES string of the molecule is COc1cc(C(=O)N2CC[NH+](C3C4CC5CC(C4)CC3C5)CC2)cc(OC)c1OC. The van der Waals surface area contributed by atoms with Crippen molar-refractivity contribution < 1.29 is 23.9 Å². The number of hydrogen-bond donors (Lipinski definition) is 1. The lowest BCUT2D eigenvalue weighted by molar-refractivity contribution is -0.939. The first-order valence-electron chi connectivity index (χ1n) is 11.5. The molecule has 1 heterocycles. The van der Waals surface area contributed by atoms with Crippen LogP contribution in [0, 0.1) is 23.7 Å². The Labute approximate surface area is 179 Å². The molecule has 6 heteroatoms. The first-order chi connectivity index (χ1) is 14.6. The first kappa shape index (κ1) is 20.0. The number of nitrogens with one attached hydrogen (secondary N) is 1. The standard InChI is InChI=1S/C24H34N2O4/c1-28-20-13-19(14-21(29-2)23(20)30-3)24(27)26-6-4-25(5-7-26)22-17-9-15-8-16(11-17)12-18(22)10-15/h13-18,22H,4-12H2,1-3H3/p+1. The molecule has 1 aliphatic heterocycles. The zero-order valence-corrected chi connectivity index (χ0v) is 18.5. The van der Waals surface area contributed by atoms with Crippen molar-refractivity contribution >= 4 is 5.91 Å². The Bertz CT molecular complexity index is 749. The van der Waals surface area contributed by atoms with E-state index in [1.807, 2.05) is 4.90 Å². The molecule has 4 saturated carbocycles. The molecule has 0 radical (unpaired) electrons. The fourth-order valence-electron chi connectivity index (χ4n) is 7.31. The van der Waals surface area contributed by atoms with Crippen molar-refractivity contribution in [3.8, 4) is 17.2 Å². The largest absolute Gasteiger partial charge is 0.493 e. The third kappa shape index (κ3) is 3.33. The average molecular weight is 416 g/mol. The van der Waals surface area contributed by atoms with Crippen LogP contribution >= 0.6 is 0 Å². The van der Waals surface area contributed by atoms with Crippen molar-refractivity contribution in [2.24, 2.45) is 23.7 Å². The Hall–Kier alpha value is -1.95. The number of hydrogen-bond acceptors (Lipinski definition) is 4. The van der Waals surface area contributed by atoms with E-state index >= 15 is 0 Å². The van der Waals surface area contributed by atoms with Crippen LogP contribution in [-0.4, -0.2) is 64.4 Å². The lowest BCUT2D eigenvalue weighted by Crippen LogP contribution is -3.20. The second kappa shape index (κ2) is 7.95. The minimum absolute atomic E-state index is 0.0541. The summed E-state index contributed by atoms with van der Waals surface area (Å²) in [7, 11) is 4.74. The van der Waals surface area contributed by atoms with Crippen LogP contribution in [-0.2, 0) is 0 Å². The number of nitrogens with zero attached hydrogens (tertiary/aromatic N) is 1. The third-order valence-corrected chi connectivity index (χ3v) is 8.30. The molecule has 4 bridgehead atoms. The summed E-state index contributed by atoms with van der Waals surface area (Å²) in [5.41, 5.74) is 0.600. The fraction of sp³-hybridized carbons (Fsp3) is 0.708. The van der Waals surface area contributed by atoms with Crippen LogP contribution in [0.5, 0.6) is 17.2 Å². The smallest absolute Gasteiger partial charge is 0.254 e. The Morgan fingerprint density at radius 3 is 1.87 bits per heavy atom. The van der Waals surface area contributed by atoms with Crippen molar-refractivity contribution in [2.75, 3.05) is 47.5 Å². The predicted molar refractivity (Wildman–Crippen MR) is 114 cm³/mol. The molecule has 0 aromatic heterocycles. The van der Waals surface area contributed by atoms with E-state index in [0.717, 1.165) is 55.9 Å². The van der Waals surface area contributed by atoms with Gasteiger partial charge in [-0.3, -0.25) is 4.79 Å². The van der Waals surface area contributed by atoms with E-state index in [4.69, 9.17) is 14.2 Å². The maximum absolute atomic E-state index is 13.2. The number of rotatable bonds is 5. The molecule has 1 aromatic carbocycles. The van der Waals surface area contributed by atoms with Gasteiger partial charge in [0.05, 0.1) is 53.6 Å². The monoisotopic (exact) mass is 415 g/mol. The minimum atomic E-state index is 0.0541. The second-order valence-electron chi connectivity index (χ2n) is 9.82. The molecule has 1 amide bonds. The van der Waals surface area contributed by atoms with Crippen LogP contribution in [0.25, 0.3) is 0 Å². The summed E-state index contributed by atoms with van der Waals surface area (Å²) in [5.74, 6) is 5.54. The molecule has 5 fully saturated rings. The van der Waals surface area contributed by atoms with Gasteiger partial charge in [-0.25, -0.2) is 0 Å². The molecule has 6 nitrogen and oxygen atoms in total. The van der Waals surface area contributed by atoms with E-state index in [1.54, 1.807) is 38.4 Å². The Morgan fingerprint density at radius 2 is 1.40 bits per heavy atom. The third-order valence-electron chi connectivity index (χ3n) is 8.30. The normalized spacial score (nSPS) is 32.9. The van der Waals surface area contributed by atoms with E-state index < -0.39 is 0 Å². The van der Waals surface area contributed by atoms with E-state index in [9.17, 15) is 4.79 Å². The number of quaternary nitrogens is 1. The van der Waals surface area contributed by atoms with Crippen LogP contribution in [0.4, 0.5) is 0 Å². The molecular weight excluding hydrogens is 380 g/mol. The number of ether oxygens (including phenoxy) is 3. The van der Waals surface area contributed by atoms with Crippen LogP contribution < -0.4 is 19.1 Å². The van der Waals surface area contributed by atoms with Crippen molar-refractivity contribution in [3.05, 3.63) is 17.7 Å². The highest BCUT2D eigenvalue weighted by atomic mass is 16.5. The summed E-state index contributed by atoms with van der Waals surface area (Å²) < 4.78 is 16.2. The Morgan fingerprint density at radius 1 is 0.867 bits per heavy atom. The molecule has 6 rings (SSSR count). The lowest BCUT2D eigenvalue weighted by atomic mass is 9.54. The second-order valence-corrected chi connectivity index (χ2v) is 9.82. The van der Waals surface area contributed by atoms with Gasteiger partial charge in [0, 0.05) is 17.4 Å². The first-order valence-corrected chi connectivity index (χ1v) is 11.5. The summed E-state index contributed by atoms with van der Waals surface area (Å²) >= 11 is 0. The molecule has 1 N–H and O–H groups in total. The lowest BCUT2D eigenvalue weighted by Gasteiger charge is -2.56. The van der Waals surface area contributed by atoms with E-state index in [0.29, 0.717) is 22.8 Å². The summed E-state index contributed by atoms with van der Waals surface area (Å²) in [6.07, 6.45) is 7.38. The molecule has 4 aliphatic carbocycles. The van der Waals surface area contributed by atoms with Gasteiger partial charge >= 0.3 is 0 Å². The zero-order valence-electron chi connectivity index (χ0n) is 18.5. The average Bonchev–Trinajstić information content (AvgIpc) is 2.77. The van der Waals surface area contributed by atoms with Crippen LogP contribution in [0.15, 0.2) is 12.1 Å². The summed E-state index contributed by atoms with van der Waals surface area (Å²) in [6, 6.07) is 4.37. The number of amides is 1. The van der Waals surface area contributed by atoms with Gasteiger partial charge in [0.25, 0.3) is 5.91 Å². The van der Waals surface area contributed by atoms with E-state index in [2.05, 4.69) is 0 Å². The van der Waals surface area contributed by atoms with E-state index in [1.165, 1.54) is 32.1 Å². The molecular formula is C24H35N2O4+. The van der Waals surface area contributed by atoms with Gasteiger partial charge in [0.15, 0.2) is 11.5 Å². The van der Waals surface area contributed by atoms with Crippen molar-refractivity contribution in [3.63, 3.8) is 0 Å². The predicted octanol–water partition coefficient (Wildman–Crippen LogP) is 1.88. The number of carbonyl (C=O) groups excluding carboxylic acids is 1. The summed E-state index contributed by atoms with van der Waals surface area (Å²) in [6.45, 7) is 3.80. The molecule has 0 unspecified atom stereocenters. The van der Waals surface area contributed by atoms with Crippen LogP contribution in [0.3, 0.4) is 0 Å². The van der Waals surface area contributed by atoms with Gasteiger partial charge in [-0.05, 0) is 56.1 Å². The van der Waals surface area contributed by atoms with Crippen LogP contribution in [0.2, 0.25) is 0 Å². The molecule has 1 saturated heterocycles. The van der Waals surface area contributed by atoms with E-state index in [-0.39, 0.29) is 5.91 Å². The Kier molecular flexibility index (Phi) is 5.30. The van der Waals surface area contributed by atoms with Gasteiger partial charge < -0.3 is 24.0 Å².